The normalized spacial score (nSPS) is 18.0. The van der Waals surface area contributed by atoms with E-state index in [9.17, 15) is 15.0 Å². The van der Waals surface area contributed by atoms with Gasteiger partial charge in [0.15, 0.2) is 0 Å². The summed E-state index contributed by atoms with van der Waals surface area (Å²) >= 11 is 0. The third kappa shape index (κ3) is 3.89. The van der Waals surface area contributed by atoms with Crippen LogP contribution in [0.15, 0.2) is 42.5 Å². The zero-order chi connectivity index (χ0) is 16.3. The molecule has 0 saturated heterocycles. The summed E-state index contributed by atoms with van der Waals surface area (Å²) in [6.07, 6.45) is 2.70. The second kappa shape index (κ2) is 6.69. The van der Waals surface area contributed by atoms with Crippen LogP contribution in [0.1, 0.15) is 43.8 Å². The van der Waals surface area contributed by atoms with E-state index in [4.69, 9.17) is 0 Å². The molecule has 0 unspecified atom stereocenters. The molecular weight excluding hydrogens is 290 g/mol. The molecule has 1 aliphatic carbocycles. The van der Waals surface area contributed by atoms with Crippen LogP contribution in [0.3, 0.4) is 0 Å². The first-order chi connectivity index (χ1) is 11.1. The molecule has 3 N–H and O–H groups in total. The van der Waals surface area contributed by atoms with Crippen molar-refractivity contribution in [3.63, 3.8) is 0 Å². The molecule has 2 aromatic rings. The number of carbonyl (C=O) groups is 1. The molecule has 1 saturated carbocycles. The maximum absolute atomic E-state index is 12.0. The molecule has 0 aromatic heterocycles. The van der Waals surface area contributed by atoms with Crippen LogP contribution < -0.4 is 5.32 Å². The van der Waals surface area contributed by atoms with Gasteiger partial charge in [-0.2, -0.15) is 0 Å². The van der Waals surface area contributed by atoms with E-state index in [1.54, 1.807) is 0 Å². The van der Waals surface area contributed by atoms with Crippen molar-refractivity contribution in [2.24, 2.45) is 0 Å². The van der Waals surface area contributed by atoms with Gasteiger partial charge in [-0.25, -0.2) is 0 Å². The quantitative estimate of drug-likeness (QED) is 0.795. The summed E-state index contributed by atoms with van der Waals surface area (Å²) in [5.74, 6) is -0.200. The van der Waals surface area contributed by atoms with Crippen LogP contribution in [0.4, 0.5) is 0 Å². The minimum Gasteiger partial charge on any atom is -0.389 e. The molecule has 23 heavy (non-hydrogen) atoms. The minimum atomic E-state index is -0.849. The smallest absolute Gasteiger partial charge is 0.222 e. The molecule has 0 heterocycles. The zero-order valence-corrected chi connectivity index (χ0v) is 13.2. The maximum Gasteiger partial charge on any atom is 0.222 e. The average Bonchev–Trinajstić information content (AvgIpc) is 2.98. The van der Waals surface area contributed by atoms with Gasteiger partial charge in [-0.3, -0.25) is 4.79 Å². The maximum atomic E-state index is 12.0. The van der Waals surface area contributed by atoms with Crippen molar-refractivity contribution >= 4 is 16.7 Å². The molecule has 1 amide bonds. The molecule has 4 heteroatoms. The Labute approximate surface area is 136 Å². The third-order valence-corrected chi connectivity index (χ3v) is 4.67. The number of benzene rings is 2. The van der Waals surface area contributed by atoms with Gasteiger partial charge in [0.2, 0.25) is 5.91 Å². The Morgan fingerprint density at radius 3 is 2.57 bits per heavy atom. The van der Waals surface area contributed by atoms with Crippen molar-refractivity contribution in [3.8, 4) is 0 Å². The van der Waals surface area contributed by atoms with Crippen molar-refractivity contribution in [1.82, 2.24) is 5.32 Å². The fourth-order valence-corrected chi connectivity index (χ4v) is 3.31. The van der Waals surface area contributed by atoms with Gasteiger partial charge < -0.3 is 15.5 Å². The summed E-state index contributed by atoms with van der Waals surface area (Å²) in [6.45, 7) is 0.160. The second-order valence-electron chi connectivity index (χ2n) is 6.53. The van der Waals surface area contributed by atoms with Crippen LogP contribution in [0.2, 0.25) is 0 Å². The van der Waals surface area contributed by atoms with E-state index in [1.165, 1.54) is 0 Å². The second-order valence-corrected chi connectivity index (χ2v) is 6.53. The van der Waals surface area contributed by atoms with Crippen LogP contribution >= 0.6 is 0 Å². The van der Waals surface area contributed by atoms with Gasteiger partial charge in [0, 0.05) is 6.54 Å². The lowest BCUT2D eigenvalue weighted by Gasteiger charge is -2.21. The molecule has 1 fully saturated rings. The Balaban J connectivity index is 1.57. The zero-order valence-electron chi connectivity index (χ0n) is 13.2. The fourth-order valence-electron chi connectivity index (χ4n) is 3.31. The Hall–Kier alpha value is -1.91. The number of aliphatic hydroxyl groups excluding tert-OH is 1. The standard InChI is InChI=1S/C19H23NO3/c21-17(13-20-18(22)12-19(23)9-3-4-10-19)16-8-7-14-5-1-2-6-15(14)11-16/h1-2,5-8,11,17,21,23H,3-4,9-10,12-13H2,(H,20,22)/t17-/m1/s1. The molecule has 122 valence electrons. The number of hydrogen-bond donors (Lipinski definition) is 3. The predicted molar refractivity (Wildman–Crippen MR) is 90.0 cm³/mol. The molecule has 4 nitrogen and oxygen atoms in total. The largest absolute Gasteiger partial charge is 0.389 e. The molecule has 0 bridgehead atoms. The number of fused-ring (bicyclic) bond motifs is 1. The first kappa shape index (κ1) is 16.0. The highest BCUT2D eigenvalue weighted by atomic mass is 16.3. The molecule has 0 spiro atoms. The fraction of sp³-hybridized carbons (Fsp3) is 0.421. The molecular formula is C19H23NO3. The Morgan fingerprint density at radius 1 is 1.13 bits per heavy atom. The number of nitrogens with one attached hydrogen (secondary N) is 1. The highest BCUT2D eigenvalue weighted by Crippen LogP contribution is 2.32. The number of rotatable bonds is 5. The summed E-state index contributed by atoms with van der Waals surface area (Å²) < 4.78 is 0. The van der Waals surface area contributed by atoms with Crippen molar-refractivity contribution < 1.29 is 15.0 Å². The number of carbonyl (C=O) groups excluding carboxylic acids is 1. The number of aliphatic hydroxyl groups is 2. The highest BCUT2D eigenvalue weighted by molar-refractivity contribution is 5.83. The number of amides is 1. The SMILES string of the molecule is O=C(CC1(O)CCCC1)NC[C@@H](O)c1ccc2ccccc2c1. The molecule has 1 atom stereocenters. The monoisotopic (exact) mass is 313 g/mol. The summed E-state index contributed by atoms with van der Waals surface area (Å²) in [6, 6.07) is 13.8. The van der Waals surface area contributed by atoms with E-state index in [0.29, 0.717) is 12.8 Å². The Morgan fingerprint density at radius 2 is 1.83 bits per heavy atom. The van der Waals surface area contributed by atoms with Crippen molar-refractivity contribution in [3.05, 3.63) is 48.0 Å². The van der Waals surface area contributed by atoms with Crippen molar-refractivity contribution in [1.29, 1.82) is 0 Å². The lowest BCUT2D eigenvalue weighted by Crippen LogP contribution is -2.36. The third-order valence-electron chi connectivity index (χ3n) is 4.67. The molecule has 1 aliphatic rings. The topological polar surface area (TPSA) is 69.6 Å². The first-order valence-electron chi connectivity index (χ1n) is 8.22. The average molecular weight is 313 g/mol. The van der Waals surface area contributed by atoms with Crippen LogP contribution in [-0.2, 0) is 4.79 Å². The molecule has 2 aromatic carbocycles. The summed E-state index contributed by atoms with van der Waals surface area (Å²) in [4.78, 5) is 12.0. The van der Waals surface area contributed by atoms with Gasteiger partial charge in [0.25, 0.3) is 0 Å². The van der Waals surface area contributed by atoms with Crippen molar-refractivity contribution in [2.45, 2.75) is 43.8 Å². The lowest BCUT2D eigenvalue weighted by molar-refractivity contribution is -0.126. The van der Waals surface area contributed by atoms with Crippen LogP contribution in [0.25, 0.3) is 10.8 Å². The predicted octanol–water partition coefficient (Wildman–Crippen LogP) is 2.68. The van der Waals surface area contributed by atoms with Crippen LogP contribution in [0.5, 0.6) is 0 Å². The molecule has 3 rings (SSSR count). The number of hydrogen-bond acceptors (Lipinski definition) is 3. The summed E-state index contributed by atoms with van der Waals surface area (Å²) in [5.41, 5.74) is -0.0681. The van der Waals surface area contributed by atoms with Crippen LogP contribution in [-0.4, -0.2) is 28.3 Å². The van der Waals surface area contributed by atoms with E-state index in [0.717, 1.165) is 29.2 Å². The molecule has 0 radical (unpaired) electrons. The van der Waals surface area contributed by atoms with Crippen molar-refractivity contribution in [2.75, 3.05) is 6.54 Å². The lowest BCUT2D eigenvalue weighted by atomic mass is 9.97. The van der Waals surface area contributed by atoms with E-state index < -0.39 is 11.7 Å². The van der Waals surface area contributed by atoms with E-state index in [-0.39, 0.29) is 18.9 Å². The Bertz CT molecular complexity index is 692. The Kier molecular flexibility index (Phi) is 4.64. The first-order valence-corrected chi connectivity index (χ1v) is 8.22. The van der Waals surface area contributed by atoms with Gasteiger partial charge in [-0.15, -0.1) is 0 Å². The van der Waals surface area contributed by atoms with E-state index in [2.05, 4.69) is 5.32 Å². The summed E-state index contributed by atoms with van der Waals surface area (Å²) in [5, 5.41) is 25.4. The van der Waals surface area contributed by atoms with E-state index >= 15 is 0 Å². The highest BCUT2D eigenvalue weighted by Gasteiger charge is 2.33. The summed E-state index contributed by atoms with van der Waals surface area (Å²) in [7, 11) is 0. The molecule has 0 aliphatic heterocycles. The minimum absolute atomic E-state index is 0.122. The van der Waals surface area contributed by atoms with Gasteiger partial charge in [0.05, 0.1) is 18.1 Å². The van der Waals surface area contributed by atoms with Crippen LogP contribution in [0, 0.1) is 0 Å². The van der Waals surface area contributed by atoms with E-state index in [1.807, 2.05) is 42.5 Å². The van der Waals surface area contributed by atoms with Gasteiger partial charge in [-0.05, 0) is 35.2 Å². The van der Waals surface area contributed by atoms with Gasteiger partial charge >= 0.3 is 0 Å². The van der Waals surface area contributed by atoms with Gasteiger partial charge in [-0.1, -0.05) is 49.2 Å². The van der Waals surface area contributed by atoms with Gasteiger partial charge in [0.1, 0.15) is 0 Å².